The van der Waals surface area contributed by atoms with Gasteiger partial charge in [-0.3, -0.25) is 0 Å². The minimum atomic E-state index is 0.728. The van der Waals surface area contributed by atoms with Gasteiger partial charge in [0.05, 0.1) is 5.70 Å². The van der Waals surface area contributed by atoms with Crippen molar-refractivity contribution in [2.24, 2.45) is 5.11 Å². The first-order chi connectivity index (χ1) is 4.16. The number of rotatable bonds is 2. The number of allylic oxidation sites excluding steroid dienone is 4. The molecule has 0 aromatic heterocycles. The minimum absolute atomic E-state index is 0.728. The van der Waals surface area contributed by atoms with Gasteiger partial charge in [0.25, 0.3) is 0 Å². The van der Waals surface area contributed by atoms with Crippen LogP contribution in [-0.4, -0.2) is 0 Å². The maximum atomic E-state index is 6.58. The molecule has 0 radical (unpaired) electrons. The molecule has 0 aliphatic carbocycles. The van der Waals surface area contributed by atoms with Crippen LogP contribution in [0.1, 0.15) is 13.8 Å². The number of halogens is 1. The molecule has 0 heterocycles. The number of hydrogen-bond donors (Lipinski definition) is 1. The van der Waals surface area contributed by atoms with E-state index in [-0.39, 0.29) is 0 Å². The predicted octanol–water partition coefficient (Wildman–Crippen LogP) is 3.26. The van der Waals surface area contributed by atoms with Gasteiger partial charge in [-0.2, -0.15) is 5.11 Å². The van der Waals surface area contributed by atoms with Crippen LogP contribution in [0.15, 0.2) is 26.5 Å². The van der Waals surface area contributed by atoms with Gasteiger partial charge >= 0.3 is 0 Å². The Morgan fingerprint density at radius 1 is 1.44 bits per heavy atom. The highest BCUT2D eigenvalue weighted by Gasteiger charge is 1.78. The molecule has 0 fully saturated rings. The van der Waals surface area contributed by atoms with Gasteiger partial charge < -0.3 is 0 Å². The summed E-state index contributed by atoms with van der Waals surface area (Å²) in [6.07, 6.45) is 3.74. The van der Waals surface area contributed by atoms with E-state index in [9.17, 15) is 0 Å². The highest BCUT2D eigenvalue weighted by Crippen LogP contribution is 2.04. The van der Waals surface area contributed by atoms with E-state index in [1.165, 1.54) is 3.58 Å². The molecule has 0 amide bonds. The highest BCUT2D eigenvalue weighted by molar-refractivity contribution is 14.1. The Hall–Kier alpha value is -0.190. The second-order valence-corrected chi connectivity index (χ2v) is 3.37. The fraction of sp³-hybridized carbons (Fsp3) is 0.333. The molecule has 0 rings (SSSR count). The summed E-state index contributed by atoms with van der Waals surface area (Å²) in [7, 11) is 0. The molecule has 50 valence electrons. The first kappa shape index (κ1) is 8.81. The van der Waals surface area contributed by atoms with Crippen LogP contribution in [0.25, 0.3) is 0 Å². The lowest BCUT2D eigenvalue weighted by Crippen LogP contribution is -1.62. The van der Waals surface area contributed by atoms with Gasteiger partial charge in [0.15, 0.2) is 0 Å². The first-order valence-corrected chi connectivity index (χ1v) is 3.63. The highest BCUT2D eigenvalue weighted by atomic mass is 127. The number of nitrogens with zero attached hydrogens (tertiary/aromatic N) is 1. The summed E-state index contributed by atoms with van der Waals surface area (Å²) in [5, 5.41) is 3.22. The van der Waals surface area contributed by atoms with Crippen LogP contribution in [0.3, 0.4) is 0 Å². The Morgan fingerprint density at radius 3 is 2.33 bits per heavy atom. The van der Waals surface area contributed by atoms with Crippen LogP contribution < -0.4 is 0 Å². The Morgan fingerprint density at radius 2 is 2.00 bits per heavy atom. The van der Waals surface area contributed by atoms with Gasteiger partial charge in [0.1, 0.15) is 0 Å². The fourth-order valence-corrected chi connectivity index (χ4v) is 0.452. The van der Waals surface area contributed by atoms with Crippen molar-refractivity contribution in [3.8, 4) is 0 Å². The average molecular weight is 236 g/mol. The van der Waals surface area contributed by atoms with Crippen LogP contribution >= 0.6 is 22.6 Å². The summed E-state index contributed by atoms with van der Waals surface area (Å²) >= 11 is 2.21. The van der Waals surface area contributed by atoms with Crippen molar-refractivity contribution < 1.29 is 0 Å². The van der Waals surface area contributed by atoms with E-state index in [4.69, 9.17) is 5.53 Å². The summed E-state index contributed by atoms with van der Waals surface area (Å²) in [4.78, 5) is 0. The smallest absolute Gasteiger partial charge is 0.0593 e. The topological polar surface area (TPSA) is 36.2 Å². The lowest BCUT2D eigenvalue weighted by atomic mass is 10.4. The largest absolute Gasteiger partial charge is 0.205 e. The second-order valence-electron chi connectivity index (χ2n) is 1.67. The Balaban J connectivity index is 3.98. The lowest BCUT2D eigenvalue weighted by Gasteiger charge is -1.83. The molecule has 9 heavy (non-hydrogen) atoms. The summed E-state index contributed by atoms with van der Waals surface area (Å²) in [6.45, 7) is 3.79. The van der Waals surface area contributed by atoms with Crippen molar-refractivity contribution in [1.82, 2.24) is 0 Å². The minimum Gasteiger partial charge on any atom is -0.205 e. The van der Waals surface area contributed by atoms with E-state index in [2.05, 4.69) is 27.7 Å². The van der Waals surface area contributed by atoms with Gasteiger partial charge in [-0.1, -0.05) is 6.08 Å². The maximum Gasteiger partial charge on any atom is 0.0593 e. The molecule has 0 saturated heterocycles. The molecule has 0 aliphatic heterocycles. The van der Waals surface area contributed by atoms with Gasteiger partial charge in [0.2, 0.25) is 0 Å². The van der Waals surface area contributed by atoms with Crippen LogP contribution in [0, 0.1) is 5.53 Å². The van der Waals surface area contributed by atoms with Crippen molar-refractivity contribution in [2.45, 2.75) is 13.8 Å². The van der Waals surface area contributed by atoms with Crippen LogP contribution in [0.2, 0.25) is 0 Å². The maximum absolute atomic E-state index is 6.58. The van der Waals surface area contributed by atoms with Gasteiger partial charge in [-0.15, -0.1) is 0 Å². The Labute approximate surface area is 68.7 Å². The van der Waals surface area contributed by atoms with Crippen LogP contribution in [0.4, 0.5) is 0 Å². The Kier molecular flexibility index (Phi) is 4.57. The van der Waals surface area contributed by atoms with Crippen molar-refractivity contribution in [1.29, 1.82) is 5.53 Å². The van der Waals surface area contributed by atoms with E-state index in [0.717, 1.165) is 5.70 Å². The van der Waals surface area contributed by atoms with Crippen molar-refractivity contribution in [3.63, 3.8) is 0 Å². The number of hydrogen-bond acceptors (Lipinski definition) is 2. The third-order valence-corrected chi connectivity index (χ3v) is 1.09. The molecule has 3 heteroatoms. The molecular weight excluding hydrogens is 227 g/mol. The molecule has 0 saturated carbocycles. The van der Waals surface area contributed by atoms with Crippen molar-refractivity contribution >= 4 is 22.6 Å². The molecule has 2 nitrogen and oxygen atoms in total. The molecule has 0 atom stereocenters. The van der Waals surface area contributed by atoms with Crippen molar-refractivity contribution in [2.75, 3.05) is 0 Å². The lowest BCUT2D eigenvalue weighted by molar-refractivity contribution is 1.06. The third kappa shape index (κ3) is 5.68. The molecular formula is C6H9IN2. The first-order valence-electron chi connectivity index (χ1n) is 2.55. The molecule has 1 N–H and O–H groups in total. The quantitative estimate of drug-likeness (QED) is 0.434. The molecule has 0 bridgehead atoms. The van der Waals surface area contributed by atoms with Crippen LogP contribution in [-0.2, 0) is 0 Å². The second kappa shape index (κ2) is 4.67. The third-order valence-electron chi connectivity index (χ3n) is 0.731. The molecule has 0 aromatic rings. The molecule has 0 aliphatic rings. The summed E-state index contributed by atoms with van der Waals surface area (Å²) in [5.41, 5.74) is 7.31. The fourth-order valence-electron chi connectivity index (χ4n) is 0.273. The zero-order valence-corrected chi connectivity index (χ0v) is 7.64. The average Bonchev–Trinajstić information content (AvgIpc) is 1.83. The van der Waals surface area contributed by atoms with Gasteiger partial charge in [0, 0.05) is 0 Å². The Bertz CT molecular complexity index is 154. The zero-order valence-electron chi connectivity index (χ0n) is 5.48. The van der Waals surface area contributed by atoms with E-state index in [0.29, 0.717) is 0 Å². The zero-order chi connectivity index (χ0) is 7.28. The van der Waals surface area contributed by atoms with E-state index in [1.807, 2.05) is 19.1 Å². The SMILES string of the molecule is C/C(I)=C/C=C(/C)N=N. The van der Waals surface area contributed by atoms with E-state index >= 15 is 0 Å². The number of nitrogens with one attached hydrogen (secondary N) is 1. The van der Waals surface area contributed by atoms with Crippen molar-refractivity contribution in [3.05, 3.63) is 21.4 Å². The predicted molar refractivity (Wildman–Crippen MR) is 46.7 cm³/mol. The standard InChI is InChI=1S/C6H9IN2/c1-5(7)3-4-6(2)9-8/h3-4,8H,1-2H3/b5-3-,6-4-,9-8?. The monoisotopic (exact) mass is 236 g/mol. The van der Waals surface area contributed by atoms with Crippen LogP contribution in [0.5, 0.6) is 0 Å². The van der Waals surface area contributed by atoms with Gasteiger partial charge in [-0.25, -0.2) is 5.53 Å². The van der Waals surface area contributed by atoms with E-state index in [1.54, 1.807) is 6.92 Å². The van der Waals surface area contributed by atoms with E-state index < -0.39 is 0 Å². The normalized spacial score (nSPS) is 13.7. The molecule has 0 aromatic carbocycles. The molecule has 0 spiro atoms. The molecule has 0 unspecified atom stereocenters. The summed E-state index contributed by atoms with van der Waals surface area (Å²) in [5.74, 6) is 0. The van der Waals surface area contributed by atoms with Gasteiger partial charge in [-0.05, 0) is 46.1 Å². The summed E-state index contributed by atoms with van der Waals surface area (Å²) < 4.78 is 1.19. The summed E-state index contributed by atoms with van der Waals surface area (Å²) in [6, 6.07) is 0.